The highest BCUT2D eigenvalue weighted by atomic mass is 19.3. The lowest BCUT2D eigenvalue weighted by Crippen LogP contribution is -2.70. The molecule has 1 aromatic rings. The molecular formula is C26H58F2N29O6-. The molecule has 0 aromatic heterocycles. The van der Waals surface area contributed by atoms with Gasteiger partial charge in [-0.2, -0.15) is 131 Å². The van der Waals surface area contributed by atoms with Gasteiger partial charge in [0.25, 0.3) is 5.91 Å². The minimum Gasteiger partial charge on any atom is -0.597 e. The number of ketones is 1. The van der Waals surface area contributed by atoms with Crippen LogP contribution in [0.5, 0.6) is 0 Å². The van der Waals surface area contributed by atoms with Crippen LogP contribution in [0.4, 0.5) is 8.78 Å². The molecule has 28 N–H and O–H groups in total. The summed E-state index contributed by atoms with van der Waals surface area (Å²) in [4.78, 5) is 78.9. The standard InChI is InChI=1S/C26H59F2N29O6/c1-14(2)18(20(58)26(27,28)25(63)30-13-16-9-6-5-7-10-16)31-21(59)17-11-8-12-57(17)24(62)19(15(3)4)32-22(60)23(61)33-35-37-39-41-43-45-47-49-51-53-55-56-54-52-50-48-46-44-42-40-38-36-34-29/h5-7,9-10,14-15,17-19H,8,11-13H2,1-4H3,(H29,29,30,31,32,33,34,35,36,37,38,39,40,41,42,43,44,45,46,47,48,49,50,51,52,53,54,55,56,59,60,61,63)/p-1/t17?,18-,19-/m0/s1. The molecule has 0 radical (unpaired) electrons. The summed E-state index contributed by atoms with van der Waals surface area (Å²) in [6, 6.07) is 3.99. The first-order chi connectivity index (χ1) is 30.2. The molecule has 37 heteroatoms. The summed E-state index contributed by atoms with van der Waals surface area (Å²) >= 11 is 0. The lowest BCUT2D eigenvalue weighted by molar-refractivity contribution is -0.161. The van der Waals surface area contributed by atoms with Crippen molar-refractivity contribution < 1.29 is 37.5 Å². The van der Waals surface area contributed by atoms with Gasteiger partial charge >= 0.3 is 17.7 Å². The van der Waals surface area contributed by atoms with Crippen LogP contribution in [0.1, 0.15) is 46.1 Å². The number of carbonyl (C=O) groups excluding carboxylic acids is 6. The lowest BCUT2D eigenvalue weighted by Gasteiger charge is -2.32. The average Bonchev–Trinajstić information content (AvgIpc) is 3.77. The smallest absolute Gasteiger partial charge is 0.383 e. The molecule has 1 unspecified atom stereocenters. The average molecular weight is 911 g/mol. The monoisotopic (exact) mass is 911 g/mol. The number of halogens is 2. The number of likely N-dealkylation sites (tertiary alicyclic amines) is 1. The highest BCUT2D eigenvalue weighted by Gasteiger charge is 2.51. The van der Waals surface area contributed by atoms with Crippen molar-refractivity contribution in [2.45, 2.75) is 71.1 Å². The molecule has 63 heavy (non-hydrogen) atoms. The van der Waals surface area contributed by atoms with Crippen molar-refractivity contribution in [2.75, 3.05) is 6.54 Å². The molecule has 1 aliphatic heterocycles. The van der Waals surface area contributed by atoms with E-state index < -0.39 is 71.2 Å². The molecule has 1 aliphatic rings. The molecule has 2 rings (SSSR count). The number of benzene rings is 1. The maximum atomic E-state index is 15.1. The zero-order valence-corrected chi connectivity index (χ0v) is 34.3. The fourth-order valence-electron chi connectivity index (χ4n) is 4.98. The topological polar surface area (TPSA) is 454 Å². The Morgan fingerprint density at radius 3 is 1.52 bits per heavy atom. The Kier molecular flexibility index (Phi) is 26.8. The molecular weight excluding hydrogens is 852 g/mol. The highest BCUT2D eigenvalue weighted by molar-refractivity contribution is 6.35. The van der Waals surface area contributed by atoms with E-state index in [0.717, 1.165) is 4.90 Å². The van der Waals surface area contributed by atoms with Gasteiger partial charge < -0.3 is 32.2 Å². The van der Waals surface area contributed by atoms with Gasteiger partial charge in [0, 0.05) is 13.1 Å². The number of hydrogen-bond donors (Lipinski definition) is 27. The summed E-state index contributed by atoms with van der Waals surface area (Å²) in [6.07, 6.45) is 0.461. The van der Waals surface area contributed by atoms with Crippen molar-refractivity contribution in [2.24, 2.45) is 11.8 Å². The number of rotatable bonds is 34. The first-order valence-corrected chi connectivity index (χ1v) is 18.6. The SMILES string of the molecule is CC(C)[C@H](NC(=O)C(=O)NNNNNNNNNNNNNNNNNNNNNNNN[NH-])C(=O)N1CCCC1C(=O)N[C@H](C(=O)C(F)(F)C(=O)NCc1ccccc1)C(C)C. The predicted molar refractivity (Wildman–Crippen MR) is 211 cm³/mol. The van der Waals surface area contributed by atoms with Crippen molar-refractivity contribution in [3.8, 4) is 0 Å². The Morgan fingerprint density at radius 2 is 1.08 bits per heavy atom. The Bertz CT molecular complexity index is 1520. The van der Waals surface area contributed by atoms with Crippen molar-refractivity contribution in [3.05, 3.63) is 41.7 Å². The summed E-state index contributed by atoms with van der Waals surface area (Å²) in [6.45, 7) is 5.85. The Labute approximate surface area is 357 Å². The third-order valence-corrected chi connectivity index (χ3v) is 7.95. The van der Waals surface area contributed by atoms with Gasteiger partial charge in [-0.15, -0.1) is 0 Å². The second-order valence-corrected chi connectivity index (χ2v) is 13.1. The number of alkyl halides is 2. The molecule has 1 aromatic carbocycles. The normalized spacial score (nSPS) is 15.0. The summed E-state index contributed by atoms with van der Waals surface area (Å²) < 4.78 is 30.2. The molecule has 0 spiro atoms. The van der Waals surface area contributed by atoms with E-state index in [1.165, 1.54) is 13.8 Å². The molecule has 1 heterocycles. The van der Waals surface area contributed by atoms with Gasteiger partial charge in [-0.1, -0.05) is 58.0 Å². The number of carbonyl (C=O) groups is 6. The van der Waals surface area contributed by atoms with E-state index in [1.807, 2.05) is 11.0 Å². The van der Waals surface area contributed by atoms with Crippen LogP contribution in [-0.4, -0.2) is 70.8 Å². The first-order valence-electron chi connectivity index (χ1n) is 18.6. The molecule has 358 valence electrons. The van der Waals surface area contributed by atoms with Crippen LogP contribution >= 0.6 is 0 Å². The number of Topliss-reactive ketones (excluding diaryl/α,β-unsaturated/α-hetero) is 1. The highest BCUT2D eigenvalue weighted by Crippen LogP contribution is 2.24. The van der Waals surface area contributed by atoms with Crippen molar-refractivity contribution in [1.29, 1.82) is 0 Å². The quantitative estimate of drug-likeness (QED) is 0.0132. The Balaban J connectivity index is 1.65. The molecule has 0 saturated carbocycles. The second kappa shape index (κ2) is 31.1. The summed E-state index contributed by atoms with van der Waals surface area (Å²) in [5.41, 5.74) is 56.9. The number of amides is 5. The van der Waals surface area contributed by atoms with Crippen LogP contribution in [0.3, 0.4) is 0 Å². The maximum Gasteiger partial charge on any atom is 0.383 e. The predicted octanol–water partition coefficient (Wildman–Crippen LogP) is -10.5. The minimum absolute atomic E-state index is 0.0641. The van der Waals surface area contributed by atoms with Gasteiger partial charge in [0.2, 0.25) is 17.6 Å². The van der Waals surface area contributed by atoms with Crippen LogP contribution in [0.15, 0.2) is 30.3 Å². The van der Waals surface area contributed by atoms with Crippen LogP contribution in [0.25, 0.3) is 5.84 Å². The number of hydrazine groups is 23. The molecule has 1 fully saturated rings. The van der Waals surface area contributed by atoms with E-state index in [-0.39, 0.29) is 19.5 Å². The van der Waals surface area contributed by atoms with Crippen molar-refractivity contribution >= 4 is 35.3 Å². The van der Waals surface area contributed by atoms with E-state index in [9.17, 15) is 28.8 Å². The first kappa shape index (κ1) is 54.3. The summed E-state index contributed by atoms with van der Waals surface area (Å²) in [7, 11) is 0. The van der Waals surface area contributed by atoms with Crippen molar-refractivity contribution in [3.63, 3.8) is 0 Å². The largest absolute Gasteiger partial charge is 0.597 e. The third-order valence-electron chi connectivity index (χ3n) is 7.95. The van der Waals surface area contributed by atoms with Gasteiger partial charge in [-0.25, -0.2) is 0 Å². The van der Waals surface area contributed by atoms with Crippen molar-refractivity contribution in [1.82, 2.24) is 154 Å². The number of hydrogen-bond acceptors (Lipinski definition) is 29. The number of nitrogens with one attached hydrogen (secondary N) is 28. The molecule has 1 saturated heterocycles. The Hall–Kier alpha value is -4.86. The van der Waals surface area contributed by atoms with E-state index in [1.54, 1.807) is 44.2 Å². The van der Waals surface area contributed by atoms with Crippen LogP contribution < -0.4 is 149 Å². The molecule has 0 aliphatic carbocycles. The van der Waals surface area contributed by atoms with Crippen LogP contribution in [0.2, 0.25) is 0 Å². The van der Waals surface area contributed by atoms with Gasteiger partial charge in [0.05, 0.1) is 6.04 Å². The number of nitrogens with zero attached hydrogens (tertiary/aromatic N) is 1. The molecule has 3 atom stereocenters. The van der Waals surface area contributed by atoms with Gasteiger partial charge in [-0.05, 0) is 30.2 Å². The summed E-state index contributed by atoms with van der Waals surface area (Å²) in [5, 5.41) is 6.71. The van der Waals surface area contributed by atoms with Crippen LogP contribution in [-0.2, 0) is 35.3 Å². The fraction of sp³-hybridized carbons (Fsp3) is 0.538. The van der Waals surface area contributed by atoms with E-state index in [2.05, 4.69) is 138 Å². The van der Waals surface area contributed by atoms with Gasteiger partial charge in [-0.3, -0.25) is 34.2 Å². The molecule has 35 nitrogen and oxygen atoms in total. The zero-order valence-electron chi connectivity index (χ0n) is 34.3. The third kappa shape index (κ3) is 20.9. The fourth-order valence-corrected chi connectivity index (χ4v) is 4.98. The van der Waals surface area contributed by atoms with Crippen LogP contribution in [0, 0.1) is 11.8 Å². The lowest BCUT2D eigenvalue weighted by atomic mass is 9.94. The molecule has 0 bridgehead atoms. The summed E-state index contributed by atoms with van der Waals surface area (Å²) in [5.74, 6) is -6.99. The minimum atomic E-state index is -4.48. The second-order valence-electron chi connectivity index (χ2n) is 13.1. The van der Waals surface area contributed by atoms with Gasteiger partial charge in [0.15, 0.2) is 0 Å². The zero-order chi connectivity index (χ0) is 46.5. The van der Waals surface area contributed by atoms with Gasteiger partial charge in [0.1, 0.15) is 12.1 Å². The van der Waals surface area contributed by atoms with E-state index in [0.29, 0.717) is 12.0 Å². The molecule has 5 amide bonds. The maximum absolute atomic E-state index is 15.1. The van der Waals surface area contributed by atoms with E-state index in [4.69, 9.17) is 5.84 Å². The van der Waals surface area contributed by atoms with E-state index >= 15 is 8.78 Å². The Morgan fingerprint density at radius 1 is 0.635 bits per heavy atom.